The monoisotopic (exact) mass is 157 g/mol. The quantitative estimate of drug-likeness (QED) is 0.668. The molecule has 0 unspecified atom stereocenters. The van der Waals surface area contributed by atoms with Crippen molar-refractivity contribution in [2.24, 2.45) is 0 Å². The first kappa shape index (κ1) is 9.01. The van der Waals surface area contributed by atoms with Crippen molar-refractivity contribution in [2.75, 3.05) is 13.2 Å². The third-order valence-electron chi connectivity index (χ3n) is 2.33. The molecule has 0 aromatic carbocycles. The Kier molecular flexibility index (Phi) is 3.87. The molecule has 1 fully saturated rings. The van der Waals surface area contributed by atoms with Gasteiger partial charge in [-0.15, -0.1) is 0 Å². The van der Waals surface area contributed by atoms with Gasteiger partial charge in [-0.2, -0.15) is 0 Å². The zero-order valence-electron chi connectivity index (χ0n) is 7.60. The van der Waals surface area contributed by atoms with Gasteiger partial charge in [0.15, 0.2) is 0 Å². The Morgan fingerprint density at radius 2 is 2.45 bits per heavy atom. The van der Waals surface area contributed by atoms with E-state index in [1.807, 2.05) is 0 Å². The number of hydrogen-bond acceptors (Lipinski definition) is 2. The molecule has 1 heterocycles. The van der Waals surface area contributed by atoms with Gasteiger partial charge in [-0.1, -0.05) is 6.92 Å². The molecule has 1 saturated heterocycles. The van der Waals surface area contributed by atoms with Crippen molar-refractivity contribution in [3.05, 3.63) is 0 Å². The van der Waals surface area contributed by atoms with Crippen molar-refractivity contribution >= 4 is 0 Å². The molecule has 0 saturated carbocycles. The molecular weight excluding hydrogens is 138 g/mol. The van der Waals surface area contributed by atoms with Crippen LogP contribution in [-0.4, -0.2) is 25.3 Å². The minimum absolute atomic E-state index is 0.490. The maximum atomic E-state index is 5.49. The van der Waals surface area contributed by atoms with E-state index < -0.39 is 0 Å². The summed E-state index contributed by atoms with van der Waals surface area (Å²) in [5.74, 6) is 0. The van der Waals surface area contributed by atoms with Gasteiger partial charge in [0.2, 0.25) is 0 Å². The third kappa shape index (κ3) is 3.21. The normalized spacial score (nSPS) is 27.3. The van der Waals surface area contributed by atoms with E-state index in [0.29, 0.717) is 12.1 Å². The van der Waals surface area contributed by atoms with Gasteiger partial charge in [-0.3, -0.25) is 0 Å². The number of rotatable bonds is 4. The van der Waals surface area contributed by atoms with Crippen LogP contribution in [0.3, 0.4) is 0 Å². The Balaban J connectivity index is 2.01. The van der Waals surface area contributed by atoms with Crippen LogP contribution in [0.25, 0.3) is 0 Å². The van der Waals surface area contributed by atoms with Gasteiger partial charge in [0.05, 0.1) is 6.10 Å². The van der Waals surface area contributed by atoms with Gasteiger partial charge in [-0.05, 0) is 26.2 Å². The molecule has 2 atom stereocenters. The first-order valence-electron chi connectivity index (χ1n) is 4.68. The lowest BCUT2D eigenvalue weighted by Crippen LogP contribution is -2.32. The van der Waals surface area contributed by atoms with Gasteiger partial charge in [-0.25, -0.2) is 0 Å². The van der Waals surface area contributed by atoms with Crippen LogP contribution in [0.15, 0.2) is 0 Å². The molecule has 11 heavy (non-hydrogen) atoms. The van der Waals surface area contributed by atoms with E-state index in [4.69, 9.17) is 4.74 Å². The largest absolute Gasteiger partial charge is 0.377 e. The van der Waals surface area contributed by atoms with Gasteiger partial charge >= 0.3 is 0 Å². The molecule has 2 nitrogen and oxygen atoms in total. The molecule has 0 aromatic rings. The zero-order chi connectivity index (χ0) is 8.10. The average Bonchev–Trinajstić information content (AvgIpc) is 2.52. The summed E-state index contributed by atoms with van der Waals surface area (Å²) >= 11 is 0. The number of hydrogen-bond donors (Lipinski definition) is 1. The van der Waals surface area contributed by atoms with Crippen LogP contribution in [0.5, 0.6) is 0 Å². The Hall–Kier alpha value is -0.0800. The molecule has 0 aromatic heterocycles. The molecule has 0 bridgehead atoms. The SMILES string of the molecule is CC[C@@H](C)NC[C@@H]1CCCO1. The van der Waals surface area contributed by atoms with Gasteiger partial charge < -0.3 is 10.1 Å². The highest BCUT2D eigenvalue weighted by molar-refractivity contribution is 4.69. The summed E-state index contributed by atoms with van der Waals surface area (Å²) in [6.07, 6.45) is 4.17. The Labute approximate surface area is 69.3 Å². The second-order valence-electron chi connectivity index (χ2n) is 3.35. The predicted molar refractivity (Wildman–Crippen MR) is 46.7 cm³/mol. The smallest absolute Gasteiger partial charge is 0.0700 e. The summed E-state index contributed by atoms with van der Waals surface area (Å²) in [7, 11) is 0. The zero-order valence-corrected chi connectivity index (χ0v) is 7.60. The van der Waals surface area contributed by atoms with Crippen LogP contribution in [0, 0.1) is 0 Å². The summed E-state index contributed by atoms with van der Waals surface area (Å²) in [5, 5.41) is 3.45. The maximum Gasteiger partial charge on any atom is 0.0700 e. The Bertz CT molecular complexity index is 99.7. The van der Waals surface area contributed by atoms with Gasteiger partial charge in [0.25, 0.3) is 0 Å². The van der Waals surface area contributed by atoms with Crippen LogP contribution < -0.4 is 5.32 Å². The van der Waals surface area contributed by atoms with E-state index in [1.165, 1.54) is 19.3 Å². The molecule has 66 valence electrons. The van der Waals surface area contributed by atoms with Crippen LogP contribution in [0.1, 0.15) is 33.1 Å². The van der Waals surface area contributed by atoms with E-state index in [-0.39, 0.29) is 0 Å². The van der Waals surface area contributed by atoms with Gasteiger partial charge in [0, 0.05) is 19.2 Å². The summed E-state index contributed by atoms with van der Waals surface area (Å²) in [6.45, 7) is 6.42. The summed E-state index contributed by atoms with van der Waals surface area (Å²) in [4.78, 5) is 0. The van der Waals surface area contributed by atoms with Crippen LogP contribution in [-0.2, 0) is 4.74 Å². The second kappa shape index (κ2) is 4.73. The summed E-state index contributed by atoms with van der Waals surface area (Å²) in [6, 6.07) is 0.638. The molecule has 0 radical (unpaired) electrons. The minimum atomic E-state index is 0.490. The molecule has 1 aliphatic heterocycles. The van der Waals surface area contributed by atoms with E-state index in [1.54, 1.807) is 0 Å². The molecule has 1 rings (SSSR count). The molecular formula is C9H19NO. The fourth-order valence-electron chi connectivity index (χ4n) is 1.28. The van der Waals surface area contributed by atoms with E-state index in [0.717, 1.165) is 13.2 Å². The standard InChI is InChI=1S/C9H19NO/c1-3-8(2)10-7-9-5-4-6-11-9/h8-10H,3-7H2,1-2H3/t8-,9+/m1/s1. The molecule has 0 amide bonds. The van der Waals surface area contributed by atoms with Crippen molar-refractivity contribution in [2.45, 2.75) is 45.3 Å². The van der Waals surface area contributed by atoms with Crippen LogP contribution in [0.2, 0.25) is 0 Å². The van der Waals surface area contributed by atoms with Gasteiger partial charge in [0.1, 0.15) is 0 Å². The van der Waals surface area contributed by atoms with Crippen LogP contribution >= 0.6 is 0 Å². The van der Waals surface area contributed by atoms with Crippen LogP contribution in [0.4, 0.5) is 0 Å². The van der Waals surface area contributed by atoms with Crippen molar-refractivity contribution in [3.8, 4) is 0 Å². The summed E-state index contributed by atoms with van der Waals surface area (Å²) in [5.41, 5.74) is 0. The summed E-state index contributed by atoms with van der Waals surface area (Å²) < 4.78 is 5.49. The lowest BCUT2D eigenvalue weighted by molar-refractivity contribution is 0.108. The Morgan fingerprint density at radius 1 is 1.64 bits per heavy atom. The molecule has 1 N–H and O–H groups in total. The van der Waals surface area contributed by atoms with E-state index in [9.17, 15) is 0 Å². The van der Waals surface area contributed by atoms with Crippen molar-refractivity contribution in [1.29, 1.82) is 0 Å². The first-order chi connectivity index (χ1) is 5.33. The maximum absolute atomic E-state index is 5.49. The van der Waals surface area contributed by atoms with Crippen molar-refractivity contribution < 1.29 is 4.74 Å². The molecule has 0 spiro atoms. The highest BCUT2D eigenvalue weighted by Crippen LogP contribution is 2.10. The third-order valence-corrected chi connectivity index (χ3v) is 2.33. The fourth-order valence-corrected chi connectivity index (χ4v) is 1.28. The lowest BCUT2D eigenvalue weighted by atomic mass is 10.2. The van der Waals surface area contributed by atoms with E-state index in [2.05, 4.69) is 19.2 Å². The molecule has 2 heteroatoms. The first-order valence-corrected chi connectivity index (χ1v) is 4.68. The second-order valence-corrected chi connectivity index (χ2v) is 3.35. The molecule has 0 aliphatic carbocycles. The Morgan fingerprint density at radius 3 is 3.00 bits per heavy atom. The average molecular weight is 157 g/mol. The molecule has 1 aliphatic rings. The highest BCUT2D eigenvalue weighted by Gasteiger charge is 2.15. The highest BCUT2D eigenvalue weighted by atomic mass is 16.5. The number of ether oxygens (including phenoxy) is 1. The van der Waals surface area contributed by atoms with Crippen molar-refractivity contribution in [3.63, 3.8) is 0 Å². The van der Waals surface area contributed by atoms with Crippen molar-refractivity contribution in [1.82, 2.24) is 5.32 Å². The predicted octanol–water partition coefficient (Wildman–Crippen LogP) is 1.55. The lowest BCUT2D eigenvalue weighted by Gasteiger charge is -2.14. The number of nitrogens with one attached hydrogen (secondary N) is 1. The topological polar surface area (TPSA) is 21.3 Å². The van der Waals surface area contributed by atoms with E-state index >= 15 is 0 Å². The minimum Gasteiger partial charge on any atom is -0.377 e. The fraction of sp³-hybridized carbons (Fsp3) is 1.00.